The lowest BCUT2D eigenvalue weighted by Crippen LogP contribution is -2.59. The largest absolute Gasteiger partial charge is 0.480 e. The minimum Gasteiger partial charge on any atom is -0.480 e. The maximum absolute atomic E-state index is 13.2. The van der Waals surface area contributed by atoms with Gasteiger partial charge in [0.15, 0.2) is 0 Å². The highest BCUT2D eigenvalue weighted by Crippen LogP contribution is 2.13. The topological polar surface area (TPSA) is 177 Å². The van der Waals surface area contributed by atoms with E-state index in [4.69, 9.17) is 11.5 Å². The highest BCUT2D eigenvalue weighted by atomic mass is 16.4. The molecule has 0 aliphatic rings. The van der Waals surface area contributed by atoms with Crippen LogP contribution in [0.4, 0.5) is 0 Å². The highest BCUT2D eigenvalue weighted by Gasteiger charge is 2.33. The van der Waals surface area contributed by atoms with Crippen LogP contribution in [0.25, 0.3) is 0 Å². The smallest absolute Gasteiger partial charge is 0.326 e. The Balaban J connectivity index is 5.52. The molecular weight excluding hydrogens is 438 g/mol. The summed E-state index contributed by atoms with van der Waals surface area (Å²) in [5, 5.41) is 17.6. The number of aliphatic carboxylic acids is 1. The quantitative estimate of drug-likeness (QED) is 0.167. The number of unbranched alkanes of at least 4 members (excludes halogenated alkanes) is 1. The molecule has 34 heavy (non-hydrogen) atoms. The van der Waals surface area contributed by atoms with Crippen LogP contribution in [0.1, 0.15) is 80.1 Å². The third kappa shape index (κ3) is 11.3. The zero-order valence-corrected chi connectivity index (χ0v) is 21.7. The minimum absolute atomic E-state index is 0.0653. The molecule has 0 aromatic rings. The van der Waals surface area contributed by atoms with Gasteiger partial charge < -0.3 is 32.5 Å². The monoisotopic (exact) mass is 485 g/mol. The Labute approximate surface area is 204 Å². The molecular formula is C24H47N5O5. The van der Waals surface area contributed by atoms with Gasteiger partial charge in [0, 0.05) is 0 Å². The number of carbonyl (C=O) groups is 4. The number of carboxylic acid groups (broad SMARTS) is 1. The highest BCUT2D eigenvalue weighted by molar-refractivity contribution is 5.94. The summed E-state index contributed by atoms with van der Waals surface area (Å²) >= 11 is 0. The van der Waals surface area contributed by atoms with E-state index >= 15 is 0 Å². The Hall–Kier alpha value is -2.20. The molecule has 6 atom stereocenters. The van der Waals surface area contributed by atoms with Crippen molar-refractivity contribution in [1.29, 1.82) is 0 Å². The lowest BCUT2D eigenvalue weighted by molar-refractivity contribution is -0.144. The molecule has 0 aliphatic heterocycles. The van der Waals surface area contributed by atoms with Crippen molar-refractivity contribution in [3.63, 3.8) is 0 Å². The predicted molar refractivity (Wildman–Crippen MR) is 133 cm³/mol. The fourth-order valence-electron chi connectivity index (χ4n) is 3.50. The standard InChI is InChI=1S/C24H47N5O5/c1-7-15(5)19(28-21(30)17(26)11-9-10-12-25)23(32)27-18(13-14(3)4)22(31)29-20(24(33)34)16(6)8-2/h14-20H,7-13,25-26H2,1-6H3,(H,27,32)(H,28,30)(H,29,31)(H,33,34). The van der Waals surface area contributed by atoms with Gasteiger partial charge in [-0.05, 0) is 43.6 Å². The van der Waals surface area contributed by atoms with Crippen LogP contribution in [0.15, 0.2) is 0 Å². The molecule has 0 aromatic heterocycles. The van der Waals surface area contributed by atoms with E-state index in [2.05, 4.69) is 16.0 Å². The zero-order valence-electron chi connectivity index (χ0n) is 21.7. The SMILES string of the molecule is CCC(C)C(NC(=O)C(CC(C)C)NC(=O)C(NC(=O)C(N)CCCCN)C(C)CC)C(=O)O. The van der Waals surface area contributed by atoms with Gasteiger partial charge in [0.2, 0.25) is 17.7 Å². The lowest BCUT2D eigenvalue weighted by atomic mass is 9.95. The van der Waals surface area contributed by atoms with E-state index < -0.39 is 47.9 Å². The molecule has 3 amide bonds. The summed E-state index contributed by atoms with van der Waals surface area (Å²) in [6.45, 7) is 11.7. The van der Waals surface area contributed by atoms with E-state index in [0.717, 1.165) is 6.42 Å². The molecule has 6 unspecified atom stereocenters. The van der Waals surface area contributed by atoms with Crippen LogP contribution in [0, 0.1) is 17.8 Å². The van der Waals surface area contributed by atoms with Gasteiger partial charge in [0.05, 0.1) is 6.04 Å². The van der Waals surface area contributed by atoms with Gasteiger partial charge in [0.1, 0.15) is 18.1 Å². The number of hydrogen-bond donors (Lipinski definition) is 6. The molecule has 0 rings (SSSR count). The van der Waals surface area contributed by atoms with Gasteiger partial charge in [-0.3, -0.25) is 14.4 Å². The van der Waals surface area contributed by atoms with Gasteiger partial charge in [-0.15, -0.1) is 0 Å². The predicted octanol–water partition coefficient (Wildman–Crippen LogP) is 1.12. The summed E-state index contributed by atoms with van der Waals surface area (Å²) in [4.78, 5) is 50.4. The lowest BCUT2D eigenvalue weighted by Gasteiger charge is -2.29. The molecule has 8 N–H and O–H groups in total. The van der Waals surface area contributed by atoms with Crippen molar-refractivity contribution >= 4 is 23.7 Å². The van der Waals surface area contributed by atoms with Crippen LogP contribution in [0.3, 0.4) is 0 Å². The van der Waals surface area contributed by atoms with Gasteiger partial charge in [-0.1, -0.05) is 60.8 Å². The maximum atomic E-state index is 13.2. The molecule has 0 bridgehead atoms. The molecule has 198 valence electrons. The number of nitrogens with one attached hydrogen (secondary N) is 3. The Bertz CT molecular complexity index is 658. The van der Waals surface area contributed by atoms with E-state index in [1.54, 1.807) is 6.92 Å². The molecule has 0 spiro atoms. The summed E-state index contributed by atoms with van der Waals surface area (Å²) in [5.41, 5.74) is 11.5. The zero-order chi connectivity index (χ0) is 26.4. The molecule has 0 saturated heterocycles. The Morgan fingerprint density at radius 1 is 0.794 bits per heavy atom. The number of carbonyl (C=O) groups excluding carboxylic acids is 3. The van der Waals surface area contributed by atoms with Crippen LogP contribution in [-0.2, 0) is 19.2 Å². The van der Waals surface area contributed by atoms with Crippen molar-refractivity contribution in [2.75, 3.05) is 6.54 Å². The Kier molecular flexibility index (Phi) is 15.4. The summed E-state index contributed by atoms with van der Waals surface area (Å²) in [6, 6.07) is -3.61. The van der Waals surface area contributed by atoms with E-state index in [1.807, 2.05) is 34.6 Å². The first-order valence-corrected chi connectivity index (χ1v) is 12.5. The van der Waals surface area contributed by atoms with Gasteiger partial charge in [0.25, 0.3) is 0 Å². The summed E-state index contributed by atoms with van der Waals surface area (Å²) in [5.74, 6) is -3.00. The average Bonchev–Trinajstić information content (AvgIpc) is 2.78. The first-order valence-electron chi connectivity index (χ1n) is 12.5. The van der Waals surface area contributed by atoms with Crippen LogP contribution in [0.5, 0.6) is 0 Å². The van der Waals surface area contributed by atoms with Gasteiger partial charge >= 0.3 is 5.97 Å². The first-order chi connectivity index (χ1) is 15.9. The number of rotatable bonds is 17. The summed E-state index contributed by atoms with van der Waals surface area (Å²) in [6.07, 6.45) is 3.45. The maximum Gasteiger partial charge on any atom is 0.326 e. The number of carboxylic acids is 1. The van der Waals surface area contributed by atoms with Crippen molar-refractivity contribution in [2.45, 2.75) is 104 Å². The van der Waals surface area contributed by atoms with Crippen LogP contribution < -0.4 is 27.4 Å². The number of hydrogen-bond acceptors (Lipinski definition) is 6. The van der Waals surface area contributed by atoms with Crippen molar-refractivity contribution in [2.24, 2.45) is 29.2 Å². The fraction of sp³-hybridized carbons (Fsp3) is 0.833. The normalized spacial score (nSPS) is 16.6. The second-order valence-electron chi connectivity index (χ2n) is 9.66. The third-order valence-corrected chi connectivity index (χ3v) is 6.22. The second-order valence-corrected chi connectivity index (χ2v) is 9.66. The van der Waals surface area contributed by atoms with Crippen LogP contribution in [-0.4, -0.2) is 59.5 Å². The Morgan fingerprint density at radius 2 is 1.32 bits per heavy atom. The molecule has 0 aromatic carbocycles. The molecule has 0 heterocycles. The first kappa shape index (κ1) is 31.8. The van der Waals surface area contributed by atoms with Crippen molar-refractivity contribution in [1.82, 2.24) is 16.0 Å². The molecule has 0 aliphatic carbocycles. The number of nitrogens with two attached hydrogens (primary N) is 2. The van der Waals surface area contributed by atoms with E-state index in [9.17, 15) is 24.3 Å². The van der Waals surface area contributed by atoms with Gasteiger partial charge in [-0.2, -0.15) is 0 Å². The van der Waals surface area contributed by atoms with E-state index in [1.165, 1.54) is 0 Å². The Morgan fingerprint density at radius 3 is 1.79 bits per heavy atom. The van der Waals surface area contributed by atoms with E-state index in [0.29, 0.717) is 38.6 Å². The second kappa shape index (κ2) is 16.4. The summed E-state index contributed by atoms with van der Waals surface area (Å²) < 4.78 is 0. The molecule has 10 nitrogen and oxygen atoms in total. The summed E-state index contributed by atoms with van der Waals surface area (Å²) in [7, 11) is 0. The third-order valence-electron chi connectivity index (χ3n) is 6.22. The van der Waals surface area contributed by atoms with Gasteiger partial charge in [-0.25, -0.2) is 4.79 Å². The molecule has 0 radical (unpaired) electrons. The van der Waals surface area contributed by atoms with E-state index in [-0.39, 0.29) is 17.8 Å². The molecule has 10 heteroatoms. The molecule has 0 saturated carbocycles. The van der Waals surface area contributed by atoms with Crippen molar-refractivity contribution in [3.05, 3.63) is 0 Å². The minimum atomic E-state index is -1.12. The molecule has 0 fully saturated rings. The fourth-order valence-corrected chi connectivity index (χ4v) is 3.50. The van der Waals surface area contributed by atoms with Crippen LogP contribution >= 0.6 is 0 Å². The average molecular weight is 486 g/mol. The van der Waals surface area contributed by atoms with Crippen molar-refractivity contribution in [3.8, 4) is 0 Å². The number of amides is 3. The van der Waals surface area contributed by atoms with Crippen molar-refractivity contribution < 1.29 is 24.3 Å². The van der Waals surface area contributed by atoms with Crippen LogP contribution in [0.2, 0.25) is 0 Å².